The fourth-order valence-corrected chi connectivity index (χ4v) is 1.06. The molecule has 5 heteroatoms. The molecule has 14 heavy (non-hydrogen) atoms. The minimum atomic E-state index is -1.03. The lowest BCUT2D eigenvalue weighted by molar-refractivity contribution is 0.0690. The molecule has 1 rings (SSSR count). The molecule has 1 aromatic heterocycles. The molecule has 0 aliphatic heterocycles. The number of pyridine rings is 1. The molecule has 1 aromatic rings. The van der Waals surface area contributed by atoms with Crippen LogP contribution in [-0.2, 0) is 6.42 Å². The van der Waals surface area contributed by atoms with Crippen molar-refractivity contribution in [3.8, 4) is 0 Å². The van der Waals surface area contributed by atoms with Crippen LogP contribution in [0.25, 0.3) is 0 Å². The zero-order valence-corrected chi connectivity index (χ0v) is 7.68. The van der Waals surface area contributed by atoms with Crippen molar-refractivity contribution in [2.45, 2.75) is 12.5 Å². The molecule has 0 bridgehead atoms. The van der Waals surface area contributed by atoms with Crippen LogP contribution in [0.5, 0.6) is 0 Å². The van der Waals surface area contributed by atoms with Gasteiger partial charge in [-0.15, -0.1) is 0 Å². The van der Waals surface area contributed by atoms with Crippen LogP contribution in [-0.4, -0.2) is 28.6 Å². The van der Waals surface area contributed by atoms with Crippen LogP contribution in [0.15, 0.2) is 18.2 Å². The molecule has 76 valence electrons. The van der Waals surface area contributed by atoms with Gasteiger partial charge in [0.1, 0.15) is 5.69 Å². The van der Waals surface area contributed by atoms with E-state index in [1.807, 2.05) is 0 Å². The van der Waals surface area contributed by atoms with Crippen LogP contribution in [0.1, 0.15) is 16.2 Å². The van der Waals surface area contributed by atoms with Crippen molar-refractivity contribution in [3.05, 3.63) is 29.6 Å². The highest BCUT2D eigenvalue weighted by atomic mass is 16.4. The lowest BCUT2D eigenvalue weighted by Gasteiger charge is -2.07. The number of carboxylic acids is 1. The van der Waals surface area contributed by atoms with Gasteiger partial charge in [0.2, 0.25) is 0 Å². The fraction of sp³-hybridized carbons (Fsp3) is 0.333. The summed E-state index contributed by atoms with van der Waals surface area (Å²) in [4.78, 5) is 14.5. The topological polar surface area (TPSA) is 102 Å². The maximum Gasteiger partial charge on any atom is 0.354 e. The number of aromatic carboxylic acids is 1. The number of aromatic nitrogens is 1. The number of nitrogens with two attached hydrogens (primary N) is 2. The van der Waals surface area contributed by atoms with Crippen LogP contribution in [0.2, 0.25) is 0 Å². The molecule has 0 amide bonds. The number of hydrogen-bond acceptors (Lipinski definition) is 4. The molecule has 0 aromatic carbocycles. The average molecular weight is 195 g/mol. The second-order valence-electron chi connectivity index (χ2n) is 3.02. The Hall–Kier alpha value is -1.46. The first-order valence-corrected chi connectivity index (χ1v) is 4.28. The first kappa shape index (κ1) is 10.6. The Kier molecular flexibility index (Phi) is 3.55. The number of carbonyl (C=O) groups is 1. The molecule has 5 N–H and O–H groups in total. The van der Waals surface area contributed by atoms with E-state index < -0.39 is 5.97 Å². The molecule has 0 aliphatic carbocycles. The Morgan fingerprint density at radius 3 is 2.86 bits per heavy atom. The van der Waals surface area contributed by atoms with Crippen molar-refractivity contribution in [2.24, 2.45) is 11.5 Å². The van der Waals surface area contributed by atoms with E-state index >= 15 is 0 Å². The van der Waals surface area contributed by atoms with Gasteiger partial charge in [-0.3, -0.25) is 0 Å². The third kappa shape index (κ3) is 2.79. The van der Waals surface area contributed by atoms with Gasteiger partial charge in [0.25, 0.3) is 0 Å². The van der Waals surface area contributed by atoms with Gasteiger partial charge in [0.05, 0.1) is 0 Å². The second kappa shape index (κ2) is 4.69. The summed E-state index contributed by atoms with van der Waals surface area (Å²) in [7, 11) is 0. The molecule has 0 spiro atoms. The molecule has 0 aliphatic rings. The van der Waals surface area contributed by atoms with Gasteiger partial charge >= 0.3 is 5.97 Å². The second-order valence-corrected chi connectivity index (χ2v) is 3.02. The Labute approximate surface area is 81.7 Å². The summed E-state index contributed by atoms with van der Waals surface area (Å²) < 4.78 is 0. The zero-order valence-electron chi connectivity index (χ0n) is 7.68. The van der Waals surface area contributed by atoms with Crippen molar-refractivity contribution in [3.63, 3.8) is 0 Å². The van der Waals surface area contributed by atoms with Crippen LogP contribution in [0, 0.1) is 0 Å². The fourth-order valence-electron chi connectivity index (χ4n) is 1.06. The maximum atomic E-state index is 10.6. The van der Waals surface area contributed by atoms with Crippen molar-refractivity contribution in [2.75, 3.05) is 6.54 Å². The van der Waals surface area contributed by atoms with E-state index in [0.717, 1.165) is 0 Å². The maximum absolute atomic E-state index is 10.6. The Morgan fingerprint density at radius 2 is 2.29 bits per heavy atom. The van der Waals surface area contributed by atoms with Gasteiger partial charge in [0.15, 0.2) is 0 Å². The van der Waals surface area contributed by atoms with E-state index in [2.05, 4.69) is 4.98 Å². The van der Waals surface area contributed by atoms with Crippen molar-refractivity contribution in [1.29, 1.82) is 0 Å². The number of rotatable bonds is 4. The Bertz CT molecular complexity index is 328. The van der Waals surface area contributed by atoms with Crippen LogP contribution < -0.4 is 11.5 Å². The summed E-state index contributed by atoms with van der Waals surface area (Å²) in [6.07, 6.45) is 0.498. The van der Waals surface area contributed by atoms with E-state index in [1.54, 1.807) is 12.1 Å². The van der Waals surface area contributed by atoms with E-state index in [4.69, 9.17) is 16.6 Å². The van der Waals surface area contributed by atoms with Crippen molar-refractivity contribution >= 4 is 5.97 Å². The Morgan fingerprint density at radius 1 is 1.57 bits per heavy atom. The van der Waals surface area contributed by atoms with Crippen LogP contribution >= 0.6 is 0 Å². The number of nitrogens with zero attached hydrogens (tertiary/aromatic N) is 1. The third-order valence-electron chi connectivity index (χ3n) is 1.80. The molecule has 1 unspecified atom stereocenters. The molecule has 0 fully saturated rings. The minimum Gasteiger partial charge on any atom is -0.477 e. The predicted octanol–water partition coefficient (Wildman–Crippen LogP) is -0.392. The normalized spacial score (nSPS) is 12.4. The summed E-state index contributed by atoms with van der Waals surface area (Å²) in [5.41, 5.74) is 11.7. The molecular weight excluding hydrogens is 182 g/mol. The van der Waals surface area contributed by atoms with Gasteiger partial charge in [0, 0.05) is 24.7 Å². The van der Waals surface area contributed by atoms with Crippen LogP contribution in [0.3, 0.4) is 0 Å². The van der Waals surface area contributed by atoms with E-state index in [-0.39, 0.29) is 11.7 Å². The standard InChI is InChI=1S/C9H13N3O2/c10-5-6(11)4-7-2-1-3-8(12-7)9(13)14/h1-3,6H,4-5,10-11H2,(H,13,14). The van der Waals surface area contributed by atoms with E-state index in [0.29, 0.717) is 18.7 Å². The summed E-state index contributed by atoms with van der Waals surface area (Å²) in [5, 5.41) is 8.68. The lowest BCUT2D eigenvalue weighted by atomic mass is 10.1. The van der Waals surface area contributed by atoms with Gasteiger partial charge in [-0.1, -0.05) is 6.07 Å². The zero-order chi connectivity index (χ0) is 10.6. The third-order valence-corrected chi connectivity index (χ3v) is 1.80. The summed E-state index contributed by atoms with van der Waals surface area (Å²) in [6.45, 7) is 0.360. The van der Waals surface area contributed by atoms with E-state index in [9.17, 15) is 4.79 Å². The Balaban J connectivity index is 2.78. The predicted molar refractivity (Wildman–Crippen MR) is 51.9 cm³/mol. The highest BCUT2D eigenvalue weighted by molar-refractivity contribution is 5.85. The lowest BCUT2D eigenvalue weighted by Crippen LogP contribution is -2.32. The smallest absolute Gasteiger partial charge is 0.354 e. The highest BCUT2D eigenvalue weighted by Gasteiger charge is 2.07. The van der Waals surface area contributed by atoms with Crippen molar-refractivity contribution in [1.82, 2.24) is 4.98 Å². The van der Waals surface area contributed by atoms with Gasteiger partial charge < -0.3 is 16.6 Å². The minimum absolute atomic E-state index is 0.0340. The van der Waals surface area contributed by atoms with E-state index in [1.165, 1.54) is 6.07 Å². The summed E-state index contributed by atoms with van der Waals surface area (Å²) in [5.74, 6) is -1.03. The molecular formula is C9H13N3O2. The molecule has 0 radical (unpaired) electrons. The molecule has 0 saturated carbocycles. The van der Waals surface area contributed by atoms with Gasteiger partial charge in [-0.05, 0) is 12.1 Å². The monoisotopic (exact) mass is 195 g/mol. The number of carboxylic acid groups (broad SMARTS) is 1. The SMILES string of the molecule is NCC(N)Cc1cccc(C(=O)O)n1. The first-order valence-electron chi connectivity index (χ1n) is 4.28. The quantitative estimate of drug-likeness (QED) is 0.607. The summed E-state index contributed by atoms with van der Waals surface area (Å²) in [6, 6.07) is 4.66. The molecule has 1 atom stereocenters. The molecule has 0 saturated heterocycles. The average Bonchev–Trinajstić information content (AvgIpc) is 2.18. The highest BCUT2D eigenvalue weighted by Crippen LogP contribution is 2.01. The first-order chi connectivity index (χ1) is 6.63. The van der Waals surface area contributed by atoms with Gasteiger partial charge in [-0.2, -0.15) is 0 Å². The number of hydrogen-bond donors (Lipinski definition) is 3. The van der Waals surface area contributed by atoms with Crippen molar-refractivity contribution < 1.29 is 9.90 Å². The largest absolute Gasteiger partial charge is 0.477 e. The van der Waals surface area contributed by atoms with Crippen LogP contribution in [0.4, 0.5) is 0 Å². The summed E-state index contributed by atoms with van der Waals surface area (Å²) >= 11 is 0. The molecule has 1 heterocycles. The molecule has 5 nitrogen and oxygen atoms in total. The van der Waals surface area contributed by atoms with Gasteiger partial charge in [-0.25, -0.2) is 9.78 Å².